The van der Waals surface area contributed by atoms with Crippen LogP contribution in [0.5, 0.6) is 0 Å². The molecular formula is C14H15F3N6O. The second kappa shape index (κ2) is 6.10. The first kappa shape index (κ1) is 16.2. The fraction of sp³-hybridized carbons (Fsp3) is 0.429. The molecule has 0 radical (unpaired) electrons. The van der Waals surface area contributed by atoms with Crippen molar-refractivity contribution in [3.63, 3.8) is 0 Å². The van der Waals surface area contributed by atoms with E-state index < -0.39 is 11.9 Å². The largest absolute Gasteiger partial charge is 0.433 e. The van der Waals surface area contributed by atoms with Gasteiger partial charge in [0.05, 0.1) is 12.5 Å². The zero-order valence-electron chi connectivity index (χ0n) is 12.9. The fourth-order valence-corrected chi connectivity index (χ4v) is 2.49. The minimum atomic E-state index is -4.50. The van der Waals surface area contributed by atoms with Gasteiger partial charge in [0.2, 0.25) is 5.95 Å². The van der Waals surface area contributed by atoms with E-state index in [1.807, 2.05) is 0 Å². The number of imidazole rings is 1. The number of aryl methyl sites for hydroxylation is 1. The van der Waals surface area contributed by atoms with E-state index in [-0.39, 0.29) is 11.9 Å². The highest BCUT2D eigenvalue weighted by Crippen LogP contribution is 2.28. The van der Waals surface area contributed by atoms with E-state index in [2.05, 4.69) is 15.0 Å². The standard InChI is InChI=1S/C14H15F3N6O/c1-21-9-18-8-10(21)12(24)22-4-6-23(7-5-22)13-19-3-2-11(20-13)14(15,16)17/h2-3,8-9H,4-7H2,1H3. The summed E-state index contributed by atoms with van der Waals surface area (Å²) in [5, 5.41) is 0. The zero-order valence-corrected chi connectivity index (χ0v) is 12.9. The molecule has 0 N–H and O–H groups in total. The molecule has 0 aromatic carbocycles. The van der Waals surface area contributed by atoms with Crippen molar-refractivity contribution in [2.45, 2.75) is 6.18 Å². The first-order valence-corrected chi connectivity index (χ1v) is 7.27. The predicted octanol–water partition coefficient (Wildman–Crippen LogP) is 1.19. The molecule has 3 rings (SSSR count). The summed E-state index contributed by atoms with van der Waals surface area (Å²) in [6.45, 7) is 1.49. The van der Waals surface area contributed by atoms with Crippen molar-refractivity contribution < 1.29 is 18.0 Å². The van der Waals surface area contributed by atoms with Gasteiger partial charge in [0.25, 0.3) is 5.91 Å². The van der Waals surface area contributed by atoms with Crippen LogP contribution < -0.4 is 4.90 Å². The van der Waals surface area contributed by atoms with Crippen molar-refractivity contribution in [2.24, 2.45) is 7.05 Å². The topological polar surface area (TPSA) is 67.2 Å². The number of aromatic nitrogens is 4. The van der Waals surface area contributed by atoms with E-state index in [9.17, 15) is 18.0 Å². The Labute approximate surface area is 135 Å². The zero-order chi connectivity index (χ0) is 17.3. The number of piperazine rings is 1. The fourth-order valence-electron chi connectivity index (χ4n) is 2.49. The molecule has 0 unspecified atom stereocenters. The Kier molecular flexibility index (Phi) is 4.12. The first-order valence-electron chi connectivity index (χ1n) is 7.27. The lowest BCUT2D eigenvalue weighted by Crippen LogP contribution is -2.49. The lowest BCUT2D eigenvalue weighted by Gasteiger charge is -2.34. The van der Waals surface area contributed by atoms with Gasteiger partial charge in [-0.1, -0.05) is 0 Å². The normalized spacial score (nSPS) is 15.7. The summed E-state index contributed by atoms with van der Waals surface area (Å²) in [6, 6.07) is 0.839. The Hall–Kier alpha value is -2.65. The highest BCUT2D eigenvalue weighted by molar-refractivity contribution is 5.92. The van der Waals surface area contributed by atoms with E-state index in [1.165, 1.54) is 6.20 Å². The van der Waals surface area contributed by atoms with Gasteiger partial charge in [0.1, 0.15) is 11.4 Å². The maximum absolute atomic E-state index is 12.7. The molecule has 10 heteroatoms. The number of carbonyl (C=O) groups is 1. The number of anilines is 1. The number of rotatable bonds is 2. The molecule has 1 saturated heterocycles. The van der Waals surface area contributed by atoms with Crippen LogP contribution in [0.15, 0.2) is 24.8 Å². The molecule has 1 aliphatic heterocycles. The van der Waals surface area contributed by atoms with Crippen molar-refractivity contribution in [2.75, 3.05) is 31.1 Å². The van der Waals surface area contributed by atoms with Gasteiger partial charge >= 0.3 is 6.18 Å². The molecule has 24 heavy (non-hydrogen) atoms. The van der Waals surface area contributed by atoms with Crippen LogP contribution in [0.25, 0.3) is 0 Å². The van der Waals surface area contributed by atoms with Gasteiger partial charge < -0.3 is 14.4 Å². The monoisotopic (exact) mass is 340 g/mol. The van der Waals surface area contributed by atoms with Crippen LogP contribution >= 0.6 is 0 Å². The van der Waals surface area contributed by atoms with Crippen molar-refractivity contribution in [1.29, 1.82) is 0 Å². The first-order chi connectivity index (χ1) is 11.4. The van der Waals surface area contributed by atoms with Crippen LogP contribution in [-0.4, -0.2) is 56.5 Å². The predicted molar refractivity (Wildman–Crippen MR) is 78.4 cm³/mol. The molecule has 0 atom stereocenters. The van der Waals surface area contributed by atoms with Gasteiger partial charge in [0.15, 0.2) is 0 Å². The second-order valence-electron chi connectivity index (χ2n) is 5.41. The Balaban J connectivity index is 1.67. The quantitative estimate of drug-likeness (QED) is 0.822. The van der Waals surface area contributed by atoms with Gasteiger partial charge in [0, 0.05) is 39.4 Å². The van der Waals surface area contributed by atoms with Crippen molar-refractivity contribution in [3.05, 3.63) is 36.2 Å². The molecule has 2 aromatic rings. The summed E-state index contributed by atoms with van der Waals surface area (Å²) in [5.41, 5.74) is -0.500. The Morgan fingerprint density at radius 1 is 1.21 bits per heavy atom. The Bertz CT molecular complexity index is 736. The molecule has 2 aromatic heterocycles. The smallest absolute Gasteiger partial charge is 0.337 e. The number of halogens is 3. The van der Waals surface area contributed by atoms with Gasteiger partial charge in [-0.2, -0.15) is 13.2 Å². The molecule has 7 nitrogen and oxygen atoms in total. The minimum absolute atomic E-state index is 0.0254. The minimum Gasteiger partial charge on any atom is -0.337 e. The van der Waals surface area contributed by atoms with Gasteiger partial charge in [-0.15, -0.1) is 0 Å². The number of alkyl halides is 3. The third kappa shape index (κ3) is 3.17. The molecule has 0 aliphatic carbocycles. The Morgan fingerprint density at radius 2 is 1.92 bits per heavy atom. The van der Waals surface area contributed by atoms with E-state index >= 15 is 0 Å². The molecule has 128 valence electrons. The lowest BCUT2D eigenvalue weighted by atomic mass is 10.3. The molecule has 0 spiro atoms. The van der Waals surface area contributed by atoms with Gasteiger partial charge in [-0.05, 0) is 6.07 Å². The summed E-state index contributed by atoms with van der Waals surface area (Å²) in [7, 11) is 1.73. The summed E-state index contributed by atoms with van der Waals surface area (Å²) in [6.07, 6.45) is -0.377. The summed E-state index contributed by atoms with van der Waals surface area (Å²) in [4.78, 5) is 27.1. The van der Waals surface area contributed by atoms with Gasteiger partial charge in [-0.25, -0.2) is 15.0 Å². The maximum Gasteiger partial charge on any atom is 0.433 e. The van der Waals surface area contributed by atoms with Crippen molar-refractivity contribution in [1.82, 2.24) is 24.4 Å². The SMILES string of the molecule is Cn1cncc1C(=O)N1CCN(c2nccc(C(F)(F)F)n2)CC1. The maximum atomic E-state index is 12.7. The van der Waals surface area contributed by atoms with Crippen molar-refractivity contribution in [3.8, 4) is 0 Å². The van der Waals surface area contributed by atoms with Crippen molar-refractivity contribution >= 4 is 11.9 Å². The van der Waals surface area contributed by atoms with E-state index in [0.29, 0.717) is 31.9 Å². The third-order valence-corrected chi connectivity index (χ3v) is 3.82. The summed E-state index contributed by atoms with van der Waals surface area (Å²) >= 11 is 0. The molecular weight excluding hydrogens is 325 g/mol. The van der Waals surface area contributed by atoms with Crippen LogP contribution in [0.1, 0.15) is 16.2 Å². The number of hydrogen-bond donors (Lipinski definition) is 0. The average Bonchev–Trinajstić information content (AvgIpc) is 3.00. The van der Waals surface area contributed by atoms with Crippen LogP contribution in [0, 0.1) is 0 Å². The highest BCUT2D eigenvalue weighted by atomic mass is 19.4. The van der Waals surface area contributed by atoms with Crippen LogP contribution in [0.4, 0.5) is 19.1 Å². The summed E-state index contributed by atoms with van der Waals surface area (Å²) in [5.74, 6) is -0.128. The van der Waals surface area contributed by atoms with Gasteiger partial charge in [-0.3, -0.25) is 4.79 Å². The number of carbonyl (C=O) groups excluding carboxylic acids is 1. The van der Waals surface area contributed by atoms with Crippen LogP contribution in [-0.2, 0) is 13.2 Å². The molecule has 1 amide bonds. The average molecular weight is 340 g/mol. The molecule has 0 saturated carbocycles. The number of amides is 1. The highest BCUT2D eigenvalue weighted by Gasteiger charge is 2.33. The molecule has 0 bridgehead atoms. The number of hydrogen-bond acceptors (Lipinski definition) is 5. The Morgan fingerprint density at radius 3 is 2.50 bits per heavy atom. The lowest BCUT2D eigenvalue weighted by molar-refractivity contribution is -0.141. The summed E-state index contributed by atoms with van der Waals surface area (Å²) < 4.78 is 39.8. The third-order valence-electron chi connectivity index (χ3n) is 3.82. The second-order valence-corrected chi connectivity index (χ2v) is 5.41. The van der Waals surface area contributed by atoms with E-state index in [0.717, 1.165) is 12.3 Å². The molecule has 1 aliphatic rings. The molecule has 1 fully saturated rings. The van der Waals surface area contributed by atoms with E-state index in [1.54, 1.807) is 27.7 Å². The van der Waals surface area contributed by atoms with Crippen LogP contribution in [0.2, 0.25) is 0 Å². The van der Waals surface area contributed by atoms with E-state index in [4.69, 9.17) is 0 Å². The van der Waals surface area contributed by atoms with Crippen LogP contribution in [0.3, 0.4) is 0 Å². The molecule has 3 heterocycles. The number of nitrogens with zero attached hydrogens (tertiary/aromatic N) is 6.